The second kappa shape index (κ2) is 6.54. The zero-order valence-corrected chi connectivity index (χ0v) is 12.8. The van der Waals surface area contributed by atoms with E-state index < -0.39 is 23.5 Å². The van der Waals surface area contributed by atoms with E-state index in [2.05, 4.69) is 19.4 Å². The van der Waals surface area contributed by atoms with Crippen LogP contribution < -0.4 is 9.46 Å². The van der Waals surface area contributed by atoms with E-state index in [1.54, 1.807) is 24.3 Å². The highest BCUT2D eigenvalue weighted by atomic mass is 32.2. The van der Waals surface area contributed by atoms with Crippen molar-refractivity contribution >= 4 is 28.0 Å². The van der Waals surface area contributed by atoms with Crippen LogP contribution in [0.25, 0.3) is 10.9 Å². The van der Waals surface area contributed by atoms with Crippen molar-refractivity contribution in [3.8, 4) is 5.75 Å². The van der Waals surface area contributed by atoms with Gasteiger partial charge < -0.3 is 9.29 Å². The van der Waals surface area contributed by atoms with Crippen molar-refractivity contribution in [2.75, 3.05) is 4.72 Å². The van der Waals surface area contributed by atoms with Crippen LogP contribution in [0.5, 0.6) is 5.75 Å². The minimum atomic E-state index is -4.83. The zero-order chi connectivity index (χ0) is 17.2. The number of anilines is 1. The van der Waals surface area contributed by atoms with Gasteiger partial charge in [-0.25, -0.2) is 4.98 Å². The number of hydrogen-bond donors (Lipinski definition) is 1. The summed E-state index contributed by atoms with van der Waals surface area (Å²) in [5, 5.41) is 0.656. The maximum Gasteiger partial charge on any atom is 0.573 e. The molecule has 0 aliphatic carbocycles. The minimum absolute atomic E-state index is 0.149. The first-order valence-electron chi connectivity index (χ1n) is 6.66. The van der Waals surface area contributed by atoms with E-state index in [0.29, 0.717) is 10.9 Å². The zero-order valence-electron chi connectivity index (χ0n) is 11.9. The standard InChI is InChI=1S/C15H10F3N3O2S/c16-15(17,18)23-11-8-10-4-3-7-20-14(10)12(9-11)21-24(22)13-5-1-2-6-19-13/h1-9,21H. The third-order valence-corrected chi connectivity index (χ3v) is 3.97. The summed E-state index contributed by atoms with van der Waals surface area (Å²) in [6, 6.07) is 10.3. The number of rotatable bonds is 4. The van der Waals surface area contributed by atoms with Crippen LogP contribution in [0, 0.1) is 0 Å². The number of aromatic nitrogens is 2. The average molecular weight is 353 g/mol. The van der Waals surface area contributed by atoms with Crippen LogP contribution in [-0.2, 0) is 11.4 Å². The van der Waals surface area contributed by atoms with E-state index in [9.17, 15) is 17.7 Å². The van der Waals surface area contributed by atoms with E-state index in [4.69, 9.17) is 0 Å². The van der Waals surface area contributed by atoms with Crippen LogP contribution in [0.3, 0.4) is 0 Å². The molecule has 0 saturated carbocycles. The monoisotopic (exact) mass is 353 g/mol. The number of pyridine rings is 2. The molecular formula is C15H10F3N3O2S. The number of fused-ring (bicyclic) bond motifs is 1. The maximum atomic E-state index is 12.5. The number of nitrogens with zero attached hydrogens (tertiary/aromatic N) is 2. The molecule has 1 unspecified atom stereocenters. The highest BCUT2D eigenvalue weighted by molar-refractivity contribution is 7.92. The van der Waals surface area contributed by atoms with Gasteiger partial charge in [0.25, 0.3) is 5.03 Å². The Hall–Kier alpha value is -2.52. The van der Waals surface area contributed by atoms with Gasteiger partial charge in [-0.2, -0.15) is 4.72 Å². The smallest absolute Gasteiger partial charge is 0.573 e. The highest BCUT2D eigenvalue weighted by Gasteiger charge is 2.31. The SMILES string of the molecule is [O-][S+](Nc1cc(OC(F)(F)F)cc2cccnc12)c1ccccn1. The molecule has 24 heavy (non-hydrogen) atoms. The van der Waals surface area contributed by atoms with E-state index in [0.717, 1.165) is 6.07 Å². The first-order chi connectivity index (χ1) is 11.4. The molecule has 0 amide bonds. The second-order valence-electron chi connectivity index (χ2n) is 4.63. The molecule has 0 fully saturated rings. The molecule has 3 aromatic rings. The molecule has 1 N–H and O–H groups in total. The average Bonchev–Trinajstić information content (AvgIpc) is 2.54. The second-order valence-corrected chi connectivity index (χ2v) is 5.79. The predicted octanol–water partition coefficient (Wildman–Crippen LogP) is 3.66. The fraction of sp³-hybridized carbons (Fsp3) is 0.0667. The summed E-state index contributed by atoms with van der Waals surface area (Å²) < 4.78 is 56.3. The number of benzene rings is 1. The largest absolute Gasteiger partial charge is 0.587 e. The van der Waals surface area contributed by atoms with Crippen LogP contribution in [0.4, 0.5) is 18.9 Å². The molecule has 2 aromatic heterocycles. The first-order valence-corrected chi connectivity index (χ1v) is 7.81. The van der Waals surface area contributed by atoms with Gasteiger partial charge in [0.15, 0.2) is 0 Å². The summed E-state index contributed by atoms with van der Waals surface area (Å²) in [5.41, 5.74) is 0.521. The van der Waals surface area contributed by atoms with Gasteiger partial charge in [0, 0.05) is 29.9 Å². The molecule has 9 heteroatoms. The maximum absolute atomic E-state index is 12.5. The summed E-state index contributed by atoms with van der Waals surface area (Å²) >= 11 is -1.76. The summed E-state index contributed by atoms with van der Waals surface area (Å²) in [6.45, 7) is 0. The number of hydrogen-bond acceptors (Lipinski definition) is 5. The Morgan fingerprint density at radius 1 is 1.04 bits per heavy atom. The molecule has 0 aliphatic rings. The highest BCUT2D eigenvalue weighted by Crippen LogP contribution is 2.32. The van der Waals surface area contributed by atoms with Crippen molar-refractivity contribution in [2.24, 2.45) is 0 Å². The van der Waals surface area contributed by atoms with E-state index in [1.807, 2.05) is 0 Å². The van der Waals surface area contributed by atoms with Crippen molar-refractivity contribution in [2.45, 2.75) is 11.4 Å². The molecule has 0 spiro atoms. The Morgan fingerprint density at radius 2 is 1.83 bits per heavy atom. The van der Waals surface area contributed by atoms with Gasteiger partial charge >= 0.3 is 6.36 Å². The van der Waals surface area contributed by atoms with Crippen LogP contribution >= 0.6 is 0 Å². The normalized spacial score (nSPS) is 12.8. The topological polar surface area (TPSA) is 70.1 Å². The summed E-state index contributed by atoms with van der Waals surface area (Å²) in [5.74, 6) is -0.427. The Morgan fingerprint density at radius 3 is 2.54 bits per heavy atom. The molecule has 1 aromatic carbocycles. The van der Waals surface area contributed by atoms with Crippen molar-refractivity contribution in [3.05, 3.63) is 54.9 Å². The molecule has 1 atom stereocenters. The molecule has 124 valence electrons. The van der Waals surface area contributed by atoms with Gasteiger partial charge in [0.2, 0.25) is 0 Å². The molecule has 0 radical (unpaired) electrons. The molecule has 5 nitrogen and oxygen atoms in total. The van der Waals surface area contributed by atoms with Crippen LogP contribution in [0.15, 0.2) is 59.9 Å². The van der Waals surface area contributed by atoms with Crippen molar-refractivity contribution in [1.29, 1.82) is 0 Å². The van der Waals surface area contributed by atoms with Gasteiger partial charge in [-0.15, -0.1) is 13.2 Å². The van der Waals surface area contributed by atoms with Crippen molar-refractivity contribution in [1.82, 2.24) is 9.97 Å². The quantitative estimate of drug-likeness (QED) is 0.725. The van der Waals surface area contributed by atoms with Crippen LogP contribution in [-0.4, -0.2) is 20.9 Å². The van der Waals surface area contributed by atoms with Crippen molar-refractivity contribution < 1.29 is 22.5 Å². The predicted molar refractivity (Wildman–Crippen MR) is 82.7 cm³/mol. The number of halogens is 3. The lowest BCUT2D eigenvalue weighted by molar-refractivity contribution is -0.274. The number of ether oxygens (including phenoxy) is 1. The van der Waals surface area contributed by atoms with Crippen LogP contribution in [0.2, 0.25) is 0 Å². The molecule has 2 heterocycles. The number of nitrogens with one attached hydrogen (secondary N) is 1. The van der Waals surface area contributed by atoms with Gasteiger partial charge in [-0.05, 0) is 18.2 Å². The molecule has 0 bridgehead atoms. The lowest BCUT2D eigenvalue weighted by Crippen LogP contribution is -2.18. The minimum Gasteiger partial charge on any atom is -0.587 e. The fourth-order valence-electron chi connectivity index (χ4n) is 2.04. The Kier molecular flexibility index (Phi) is 4.45. The summed E-state index contributed by atoms with van der Waals surface area (Å²) in [6.07, 6.45) is -1.87. The third-order valence-electron chi connectivity index (χ3n) is 2.94. The number of alkyl halides is 3. The van der Waals surface area contributed by atoms with Gasteiger partial charge in [-0.3, -0.25) is 4.98 Å². The van der Waals surface area contributed by atoms with Gasteiger partial charge in [0.05, 0.1) is 5.52 Å². The third kappa shape index (κ3) is 3.87. The van der Waals surface area contributed by atoms with Gasteiger partial charge in [0.1, 0.15) is 22.8 Å². The van der Waals surface area contributed by atoms with E-state index in [1.165, 1.54) is 24.5 Å². The Balaban J connectivity index is 1.99. The first kappa shape index (κ1) is 16.3. The summed E-state index contributed by atoms with van der Waals surface area (Å²) in [4.78, 5) is 8.05. The molecule has 0 saturated heterocycles. The van der Waals surface area contributed by atoms with Crippen molar-refractivity contribution in [3.63, 3.8) is 0 Å². The lowest BCUT2D eigenvalue weighted by Gasteiger charge is -2.14. The Bertz CT molecular complexity index is 846. The molecule has 3 rings (SSSR count). The lowest BCUT2D eigenvalue weighted by atomic mass is 10.2. The fourth-order valence-corrected chi connectivity index (χ4v) is 2.86. The Labute approximate surface area is 137 Å². The van der Waals surface area contributed by atoms with Crippen LogP contribution in [0.1, 0.15) is 0 Å². The molecule has 0 aliphatic heterocycles. The molecular weight excluding hydrogens is 343 g/mol. The van der Waals surface area contributed by atoms with E-state index in [-0.39, 0.29) is 10.7 Å². The van der Waals surface area contributed by atoms with Gasteiger partial charge in [-0.1, -0.05) is 12.1 Å². The van der Waals surface area contributed by atoms with E-state index >= 15 is 0 Å². The summed E-state index contributed by atoms with van der Waals surface area (Å²) in [7, 11) is 0.